The second-order valence-electron chi connectivity index (χ2n) is 6.31. The Labute approximate surface area is 111 Å². The Morgan fingerprint density at radius 2 is 1.76 bits per heavy atom. The first-order valence-electron chi connectivity index (χ1n) is 6.38. The molecule has 1 fully saturated rings. The summed E-state index contributed by atoms with van der Waals surface area (Å²) in [7, 11) is 0. The first kappa shape index (κ1) is 16.7. The number of carbonyl (C=O) groups is 1. The summed E-state index contributed by atoms with van der Waals surface area (Å²) >= 11 is 0. The number of halogens is 1. The molecule has 102 valence electrons. The van der Waals surface area contributed by atoms with Crippen molar-refractivity contribution in [3.8, 4) is 0 Å². The Hall–Kier alpha value is -0.280. The first-order chi connectivity index (χ1) is 7.38. The molecule has 0 radical (unpaired) electrons. The second kappa shape index (κ2) is 7.22. The van der Waals surface area contributed by atoms with E-state index in [1.807, 2.05) is 0 Å². The van der Waals surface area contributed by atoms with Gasteiger partial charge in [0.15, 0.2) is 0 Å². The highest BCUT2D eigenvalue weighted by Crippen LogP contribution is 2.28. The number of hydrogen-bond donors (Lipinski definition) is 2. The molecule has 0 aromatic rings. The van der Waals surface area contributed by atoms with Gasteiger partial charge in [0.05, 0.1) is 0 Å². The Balaban J connectivity index is 0.00000256. The maximum atomic E-state index is 11.0. The Morgan fingerprint density at radius 3 is 2.18 bits per heavy atom. The summed E-state index contributed by atoms with van der Waals surface area (Å²) in [4.78, 5) is 11.0. The van der Waals surface area contributed by atoms with E-state index in [1.165, 1.54) is 0 Å². The van der Waals surface area contributed by atoms with E-state index in [-0.39, 0.29) is 24.2 Å². The maximum absolute atomic E-state index is 11.0. The molecule has 0 heterocycles. The van der Waals surface area contributed by atoms with Crippen LogP contribution in [0, 0.1) is 17.3 Å². The summed E-state index contributed by atoms with van der Waals surface area (Å²) in [5.41, 5.74) is 5.67. The fourth-order valence-electron chi connectivity index (χ4n) is 2.30. The van der Waals surface area contributed by atoms with E-state index < -0.39 is 0 Å². The van der Waals surface area contributed by atoms with Crippen LogP contribution < -0.4 is 11.1 Å². The third-order valence-electron chi connectivity index (χ3n) is 3.34. The lowest BCUT2D eigenvalue weighted by Gasteiger charge is -2.28. The minimum absolute atomic E-state index is 0. The summed E-state index contributed by atoms with van der Waals surface area (Å²) < 4.78 is 0. The molecule has 3 N–H and O–H groups in total. The van der Waals surface area contributed by atoms with Crippen molar-refractivity contribution in [3.05, 3.63) is 0 Å². The number of rotatable bonds is 4. The Kier molecular flexibility index (Phi) is 7.10. The van der Waals surface area contributed by atoms with Crippen LogP contribution in [0.2, 0.25) is 0 Å². The van der Waals surface area contributed by atoms with Gasteiger partial charge >= 0.3 is 0 Å². The number of hydrogen-bond acceptors (Lipinski definition) is 2. The van der Waals surface area contributed by atoms with Gasteiger partial charge in [-0.25, -0.2) is 0 Å². The van der Waals surface area contributed by atoms with Crippen molar-refractivity contribution >= 4 is 18.3 Å². The van der Waals surface area contributed by atoms with E-state index >= 15 is 0 Å². The highest BCUT2D eigenvalue weighted by atomic mass is 35.5. The molecule has 0 saturated heterocycles. The van der Waals surface area contributed by atoms with Gasteiger partial charge in [0.1, 0.15) is 0 Å². The lowest BCUT2D eigenvalue weighted by Crippen LogP contribution is -2.34. The van der Waals surface area contributed by atoms with Crippen LogP contribution in [0.5, 0.6) is 0 Å². The zero-order valence-electron chi connectivity index (χ0n) is 11.3. The maximum Gasteiger partial charge on any atom is 0.220 e. The van der Waals surface area contributed by atoms with Crippen LogP contribution in [-0.2, 0) is 4.79 Å². The molecule has 1 aliphatic rings. The SMILES string of the molecule is CC(C)(C)CNCC1CCC(C(N)=O)CC1.Cl. The summed E-state index contributed by atoms with van der Waals surface area (Å²) in [6.45, 7) is 8.86. The predicted octanol–water partition coefficient (Wildman–Crippen LogP) is 2.34. The van der Waals surface area contributed by atoms with Crippen molar-refractivity contribution in [2.24, 2.45) is 23.0 Å². The van der Waals surface area contributed by atoms with Gasteiger partial charge in [-0.2, -0.15) is 0 Å². The Morgan fingerprint density at radius 1 is 1.24 bits per heavy atom. The van der Waals surface area contributed by atoms with Crippen LogP contribution in [0.3, 0.4) is 0 Å². The normalized spacial score (nSPS) is 25.1. The number of primary amides is 1. The molecule has 3 nitrogen and oxygen atoms in total. The summed E-state index contributed by atoms with van der Waals surface area (Å²) in [6, 6.07) is 0. The van der Waals surface area contributed by atoms with Gasteiger partial charge in [0.2, 0.25) is 5.91 Å². The Bertz CT molecular complexity index is 230. The molecule has 0 aromatic carbocycles. The molecule has 0 aromatic heterocycles. The molecule has 1 saturated carbocycles. The summed E-state index contributed by atoms with van der Waals surface area (Å²) in [5.74, 6) is 0.762. The molecule has 0 spiro atoms. The molecule has 0 aliphatic heterocycles. The molecule has 4 heteroatoms. The van der Waals surface area contributed by atoms with Crippen molar-refractivity contribution in [3.63, 3.8) is 0 Å². The van der Waals surface area contributed by atoms with Crippen LogP contribution >= 0.6 is 12.4 Å². The fraction of sp³-hybridized carbons (Fsp3) is 0.923. The van der Waals surface area contributed by atoms with E-state index in [9.17, 15) is 4.79 Å². The summed E-state index contributed by atoms with van der Waals surface area (Å²) in [6.07, 6.45) is 4.25. The van der Waals surface area contributed by atoms with Gasteiger partial charge in [-0.15, -0.1) is 12.4 Å². The molecule has 1 aliphatic carbocycles. The minimum Gasteiger partial charge on any atom is -0.369 e. The van der Waals surface area contributed by atoms with Gasteiger partial charge in [0, 0.05) is 5.92 Å². The van der Waals surface area contributed by atoms with Gasteiger partial charge in [0.25, 0.3) is 0 Å². The molecule has 1 amide bonds. The lowest BCUT2D eigenvalue weighted by molar-refractivity contribution is -0.122. The van der Waals surface area contributed by atoms with Crippen molar-refractivity contribution in [2.45, 2.75) is 46.5 Å². The fourth-order valence-corrected chi connectivity index (χ4v) is 2.30. The van der Waals surface area contributed by atoms with Gasteiger partial charge in [-0.3, -0.25) is 4.79 Å². The van der Waals surface area contributed by atoms with Gasteiger partial charge in [-0.05, 0) is 50.1 Å². The van der Waals surface area contributed by atoms with Crippen LogP contribution in [0.15, 0.2) is 0 Å². The van der Waals surface area contributed by atoms with Crippen molar-refractivity contribution in [1.82, 2.24) is 5.32 Å². The van der Waals surface area contributed by atoms with Gasteiger partial charge < -0.3 is 11.1 Å². The van der Waals surface area contributed by atoms with E-state index in [0.29, 0.717) is 5.41 Å². The van der Waals surface area contributed by atoms with Crippen LogP contribution in [0.25, 0.3) is 0 Å². The summed E-state index contributed by atoms with van der Waals surface area (Å²) in [5, 5.41) is 3.52. The van der Waals surface area contributed by atoms with E-state index in [2.05, 4.69) is 26.1 Å². The zero-order chi connectivity index (χ0) is 12.2. The third kappa shape index (κ3) is 6.89. The quantitative estimate of drug-likeness (QED) is 0.817. The average Bonchev–Trinajstić information content (AvgIpc) is 2.16. The highest BCUT2D eigenvalue weighted by Gasteiger charge is 2.24. The monoisotopic (exact) mass is 262 g/mol. The molecule has 0 bridgehead atoms. The molecular formula is C13H27ClN2O. The van der Waals surface area contributed by atoms with Crippen molar-refractivity contribution < 1.29 is 4.79 Å². The number of nitrogens with one attached hydrogen (secondary N) is 1. The molecule has 1 rings (SSSR count). The van der Waals surface area contributed by atoms with Gasteiger partial charge in [-0.1, -0.05) is 20.8 Å². The molecule has 0 atom stereocenters. The molecular weight excluding hydrogens is 236 g/mol. The van der Waals surface area contributed by atoms with E-state index in [1.54, 1.807) is 0 Å². The predicted molar refractivity (Wildman–Crippen MR) is 74.2 cm³/mol. The number of nitrogens with two attached hydrogens (primary N) is 1. The number of carbonyl (C=O) groups excluding carboxylic acids is 1. The molecule has 17 heavy (non-hydrogen) atoms. The minimum atomic E-state index is -0.110. The third-order valence-corrected chi connectivity index (χ3v) is 3.34. The standard InChI is InChI=1S/C13H26N2O.ClH/c1-13(2,3)9-15-8-10-4-6-11(7-5-10)12(14)16;/h10-11,15H,4-9H2,1-3H3,(H2,14,16);1H. The lowest BCUT2D eigenvalue weighted by atomic mass is 9.81. The smallest absolute Gasteiger partial charge is 0.220 e. The number of amides is 1. The average molecular weight is 263 g/mol. The zero-order valence-corrected chi connectivity index (χ0v) is 12.1. The van der Waals surface area contributed by atoms with Crippen molar-refractivity contribution in [2.75, 3.05) is 13.1 Å². The second-order valence-corrected chi connectivity index (χ2v) is 6.31. The van der Waals surface area contributed by atoms with Crippen LogP contribution in [0.4, 0.5) is 0 Å². The largest absolute Gasteiger partial charge is 0.369 e. The van der Waals surface area contributed by atoms with Crippen LogP contribution in [-0.4, -0.2) is 19.0 Å². The van der Waals surface area contributed by atoms with Crippen LogP contribution in [0.1, 0.15) is 46.5 Å². The topological polar surface area (TPSA) is 55.1 Å². The van der Waals surface area contributed by atoms with E-state index in [0.717, 1.165) is 44.7 Å². The van der Waals surface area contributed by atoms with Crippen molar-refractivity contribution in [1.29, 1.82) is 0 Å². The highest BCUT2D eigenvalue weighted by molar-refractivity contribution is 5.85. The molecule has 0 unspecified atom stereocenters. The first-order valence-corrected chi connectivity index (χ1v) is 6.38. The van der Waals surface area contributed by atoms with E-state index in [4.69, 9.17) is 5.73 Å².